The Labute approximate surface area is 150 Å². The van der Waals surface area contributed by atoms with Crippen molar-refractivity contribution in [3.8, 4) is 0 Å². The van der Waals surface area contributed by atoms with Crippen LogP contribution in [-0.4, -0.2) is 58.0 Å². The fourth-order valence-electron chi connectivity index (χ4n) is 4.04. The summed E-state index contributed by atoms with van der Waals surface area (Å²) in [7, 11) is 1.96. The number of nitrogens with zero attached hydrogens (tertiary/aromatic N) is 4. The van der Waals surface area contributed by atoms with Gasteiger partial charge in [0.2, 0.25) is 0 Å². The summed E-state index contributed by atoms with van der Waals surface area (Å²) in [5, 5.41) is 11.2. The summed E-state index contributed by atoms with van der Waals surface area (Å²) in [4.78, 5) is 14.3. The highest BCUT2D eigenvalue weighted by Gasteiger charge is 2.27. The van der Waals surface area contributed by atoms with E-state index >= 15 is 0 Å². The maximum atomic E-state index is 12.4. The monoisotopic (exact) mass is 349 g/mol. The Morgan fingerprint density at radius 1 is 1.32 bits per heavy atom. The van der Waals surface area contributed by atoms with Crippen molar-refractivity contribution in [1.29, 1.82) is 0 Å². The van der Waals surface area contributed by atoms with Crippen molar-refractivity contribution in [3.63, 3.8) is 0 Å². The highest BCUT2D eigenvalue weighted by Crippen LogP contribution is 2.26. The van der Waals surface area contributed by atoms with Crippen molar-refractivity contribution in [3.05, 3.63) is 12.2 Å². The standard InChI is InChI=1S/C18H31N5O2/c1-14-6-3-4-8-16(14)25-11-9-19-18(24)23-10-5-7-15(12-23)17-21-20-13-22(17)2/h13-16H,3-12H2,1-2H3,(H,19,24). The average molecular weight is 349 g/mol. The second-order valence-electron chi connectivity index (χ2n) is 7.49. The van der Waals surface area contributed by atoms with Gasteiger partial charge in [-0.25, -0.2) is 4.79 Å². The van der Waals surface area contributed by atoms with Gasteiger partial charge in [0, 0.05) is 32.6 Å². The fourth-order valence-corrected chi connectivity index (χ4v) is 4.04. The molecule has 2 fully saturated rings. The smallest absolute Gasteiger partial charge is 0.317 e. The van der Waals surface area contributed by atoms with Crippen LogP contribution in [-0.2, 0) is 11.8 Å². The van der Waals surface area contributed by atoms with E-state index in [0.717, 1.165) is 31.6 Å². The summed E-state index contributed by atoms with van der Waals surface area (Å²) in [5.41, 5.74) is 0. The highest BCUT2D eigenvalue weighted by molar-refractivity contribution is 5.74. The summed E-state index contributed by atoms with van der Waals surface area (Å²) < 4.78 is 7.92. The van der Waals surface area contributed by atoms with E-state index in [1.807, 2.05) is 16.5 Å². The minimum absolute atomic E-state index is 0.00663. The van der Waals surface area contributed by atoms with Gasteiger partial charge in [-0.3, -0.25) is 0 Å². The van der Waals surface area contributed by atoms with Gasteiger partial charge in [0.05, 0.1) is 12.7 Å². The first-order valence-corrected chi connectivity index (χ1v) is 9.63. The molecule has 7 nitrogen and oxygen atoms in total. The van der Waals surface area contributed by atoms with Gasteiger partial charge in [0.25, 0.3) is 0 Å². The lowest BCUT2D eigenvalue weighted by Crippen LogP contribution is -2.46. The predicted molar refractivity (Wildman–Crippen MR) is 95.3 cm³/mol. The summed E-state index contributed by atoms with van der Waals surface area (Å²) >= 11 is 0. The Morgan fingerprint density at radius 3 is 2.92 bits per heavy atom. The first-order valence-electron chi connectivity index (χ1n) is 9.63. The van der Waals surface area contributed by atoms with E-state index in [0.29, 0.717) is 31.7 Å². The Kier molecular flexibility index (Phi) is 6.29. The molecule has 1 aliphatic carbocycles. The number of amides is 2. The summed E-state index contributed by atoms with van der Waals surface area (Å²) in [6.07, 6.45) is 9.13. The molecule has 1 aliphatic heterocycles. The predicted octanol–water partition coefficient (Wildman–Crippen LogP) is 2.30. The van der Waals surface area contributed by atoms with Crippen LogP contribution in [0.4, 0.5) is 4.79 Å². The summed E-state index contributed by atoms with van der Waals surface area (Å²) in [6, 6.07) is 0.00663. The molecule has 1 saturated heterocycles. The van der Waals surface area contributed by atoms with E-state index in [4.69, 9.17) is 4.74 Å². The van der Waals surface area contributed by atoms with Gasteiger partial charge < -0.3 is 19.5 Å². The number of likely N-dealkylation sites (tertiary alicyclic amines) is 1. The molecule has 3 rings (SSSR count). The molecule has 1 saturated carbocycles. The number of carbonyl (C=O) groups is 1. The van der Waals surface area contributed by atoms with Crippen LogP contribution in [0.15, 0.2) is 6.33 Å². The molecular weight excluding hydrogens is 318 g/mol. The van der Waals surface area contributed by atoms with Crippen LogP contribution >= 0.6 is 0 Å². The zero-order chi connectivity index (χ0) is 17.6. The van der Waals surface area contributed by atoms with Gasteiger partial charge in [0.1, 0.15) is 12.2 Å². The molecule has 2 aliphatic rings. The molecule has 2 amide bonds. The summed E-state index contributed by atoms with van der Waals surface area (Å²) in [6.45, 7) is 4.96. The lowest BCUT2D eigenvalue weighted by molar-refractivity contribution is -0.00277. The molecule has 1 aromatic rings. The molecule has 7 heteroatoms. The maximum absolute atomic E-state index is 12.4. The van der Waals surface area contributed by atoms with Crippen molar-refractivity contribution < 1.29 is 9.53 Å². The third-order valence-electron chi connectivity index (χ3n) is 5.56. The van der Waals surface area contributed by atoms with Crippen LogP contribution in [0.2, 0.25) is 0 Å². The number of aryl methyl sites for hydroxylation is 1. The highest BCUT2D eigenvalue weighted by atomic mass is 16.5. The van der Waals surface area contributed by atoms with Gasteiger partial charge >= 0.3 is 6.03 Å². The zero-order valence-electron chi connectivity index (χ0n) is 15.5. The van der Waals surface area contributed by atoms with Crippen molar-refractivity contribution in [1.82, 2.24) is 25.0 Å². The van der Waals surface area contributed by atoms with Crippen LogP contribution in [0.1, 0.15) is 57.2 Å². The largest absolute Gasteiger partial charge is 0.376 e. The number of nitrogens with one attached hydrogen (secondary N) is 1. The molecule has 140 valence electrons. The van der Waals surface area contributed by atoms with Crippen molar-refractivity contribution >= 4 is 6.03 Å². The Morgan fingerprint density at radius 2 is 2.16 bits per heavy atom. The van der Waals surface area contributed by atoms with E-state index < -0.39 is 0 Å². The molecule has 3 unspecified atom stereocenters. The average Bonchev–Trinajstić information content (AvgIpc) is 3.06. The van der Waals surface area contributed by atoms with Gasteiger partial charge in [-0.15, -0.1) is 10.2 Å². The normalized spacial score (nSPS) is 27.3. The van der Waals surface area contributed by atoms with E-state index in [-0.39, 0.29) is 11.9 Å². The second-order valence-corrected chi connectivity index (χ2v) is 7.49. The quantitative estimate of drug-likeness (QED) is 0.828. The van der Waals surface area contributed by atoms with Gasteiger partial charge in [-0.05, 0) is 31.6 Å². The Hall–Kier alpha value is -1.63. The Bertz CT molecular complexity index is 561. The molecule has 0 radical (unpaired) electrons. The Balaban J connectivity index is 1.40. The first kappa shape index (κ1) is 18.2. The number of rotatable bonds is 5. The summed E-state index contributed by atoms with van der Waals surface area (Å²) in [5.74, 6) is 1.87. The number of hydrogen-bond acceptors (Lipinski definition) is 4. The number of carbonyl (C=O) groups excluding carboxylic acids is 1. The molecule has 0 spiro atoms. The van der Waals surface area contributed by atoms with Crippen LogP contribution in [0.3, 0.4) is 0 Å². The van der Waals surface area contributed by atoms with E-state index in [1.165, 1.54) is 19.3 Å². The molecule has 2 heterocycles. The zero-order valence-corrected chi connectivity index (χ0v) is 15.5. The van der Waals surface area contributed by atoms with Crippen LogP contribution < -0.4 is 5.32 Å². The molecule has 3 atom stereocenters. The van der Waals surface area contributed by atoms with E-state index in [2.05, 4.69) is 22.4 Å². The van der Waals surface area contributed by atoms with Gasteiger partial charge in [-0.2, -0.15) is 0 Å². The first-order chi connectivity index (χ1) is 12.1. The minimum atomic E-state index is 0.00663. The number of hydrogen-bond donors (Lipinski definition) is 1. The third-order valence-corrected chi connectivity index (χ3v) is 5.56. The molecular formula is C18H31N5O2. The number of ether oxygens (including phenoxy) is 1. The maximum Gasteiger partial charge on any atom is 0.317 e. The lowest BCUT2D eigenvalue weighted by atomic mass is 9.88. The molecule has 25 heavy (non-hydrogen) atoms. The van der Waals surface area contributed by atoms with Crippen molar-refractivity contribution in [2.75, 3.05) is 26.2 Å². The number of piperidine rings is 1. The molecule has 0 bridgehead atoms. The van der Waals surface area contributed by atoms with Crippen molar-refractivity contribution in [2.24, 2.45) is 13.0 Å². The number of aromatic nitrogens is 3. The topological polar surface area (TPSA) is 72.3 Å². The van der Waals surface area contributed by atoms with Gasteiger partial charge in [0.15, 0.2) is 0 Å². The minimum Gasteiger partial charge on any atom is -0.376 e. The van der Waals surface area contributed by atoms with Crippen molar-refractivity contribution in [2.45, 2.75) is 57.5 Å². The van der Waals surface area contributed by atoms with E-state index in [9.17, 15) is 4.79 Å². The molecule has 0 aromatic carbocycles. The SMILES string of the molecule is CC1CCCCC1OCCNC(=O)N1CCCC(c2nncn2C)C1. The van der Waals surface area contributed by atoms with E-state index in [1.54, 1.807) is 6.33 Å². The fraction of sp³-hybridized carbons (Fsp3) is 0.833. The van der Waals surface area contributed by atoms with Gasteiger partial charge in [-0.1, -0.05) is 19.8 Å². The third kappa shape index (κ3) is 4.71. The van der Waals surface area contributed by atoms with Crippen LogP contribution in [0.25, 0.3) is 0 Å². The number of urea groups is 1. The lowest BCUT2D eigenvalue weighted by Gasteiger charge is -2.32. The van der Waals surface area contributed by atoms with Crippen LogP contribution in [0, 0.1) is 5.92 Å². The van der Waals surface area contributed by atoms with Crippen LogP contribution in [0.5, 0.6) is 0 Å². The second kappa shape index (κ2) is 8.65. The molecule has 1 aromatic heterocycles. The molecule has 1 N–H and O–H groups in total.